The van der Waals surface area contributed by atoms with Crippen molar-refractivity contribution in [2.75, 3.05) is 32.8 Å². The molecule has 0 aromatic heterocycles. The summed E-state index contributed by atoms with van der Waals surface area (Å²) in [6.07, 6.45) is 7.15. The van der Waals surface area contributed by atoms with Crippen LogP contribution in [0.4, 0.5) is 0 Å². The summed E-state index contributed by atoms with van der Waals surface area (Å²) in [7, 11) is 0. The second kappa shape index (κ2) is 9.14. The summed E-state index contributed by atoms with van der Waals surface area (Å²) in [6.45, 7) is 8.43. The van der Waals surface area contributed by atoms with E-state index in [9.17, 15) is 9.90 Å². The van der Waals surface area contributed by atoms with Gasteiger partial charge in [0, 0.05) is 6.54 Å². The Balaban J connectivity index is 2.29. The minimum atomic E-state index is -0.613. The quantitative estimate of drug-likeness (QED) is 0.543. The zero-order valence-electron chi connectivity index (χ0n) is 14.0. The van der Waals surface area contributed by atoms with Gasteiger partial charge in [0.15, 0.2) is 0 Å². The molecule has 1 N–H and O–H groups in total. The number of hydrogen-bond acceptors (Lipinski definition) is 5. The first kappa shape index (κ1) is 19.0. The Hall–Kier alpha value is -1.09. The number of rotatable bonds is 8. The Kier molecular flexibility index (Phi) is 7.88. The van der Waals surface area contributed by atoms with Gasteiger partial charge in [0.2, 0.25) is 0 Å². The van der Waals surface area contributed by atoms with E-state index < -0.39 is 11.7 Å². The van der Waals surface area contributed by atoms with Crippen LogP contribution in [0.5, 0.6) is 0 Å². The molecule has 126 valence electrons. The van der Waals surface area contributed by atoms with Gasteiger partial charge in [-0.15, -0.1) is 6.42 Å². The highest BCUT2D eigenvalue weighted by molar-refractivity contribution is 5.72. The number of ether oxygens (including phenoxy) is 2. The minimum absolute atomic E-state index is 0.00517. The number of aliphatic hydroxyl groups excluding tert-OH is 1. The van der Waals surface area contributed by atoms with Crippen molar-refractivity contribution < 1.29 is 19.4 Å². The van der Waals surface area contributed by atoms with E-state index >= 15 is 0 Å². The van der Waals surface area contributed by atoms with Crippen molar-refractivity contribution in [2.24, 2.45) is 5.92 Å². The van der Waals surface area contributed by atoms with Crippen molar-refractivity contribution in [1.82, 2.24) is 4.90 Å². The van der Waals surface area contributed by atoms with Crippen LogP contribution in [0.2, 0.25) is 0 Å². The Morgan fingerprint density at radius 3 is 2.59 bits per heavy atom. The van der Waals surface area contributed by atoms with Crippen LogP contribution in [0.25, 0.3) is 0 Å². The van der Waals surface area contributed by atoms with E-state index in [1.165, 1.54) is 0 Å². The third-order valence-corrected chi connectivity index (χ3v) is 4.25. The predicted molar refractivity (Wildman–Crippen MR) is 85.3 cm³/mol. The fourth-order valence-electron chi connectivity index (χ4n) is 2.49. The molecule has 0 spiro atoms. The number of piperidine rings is 1. The topological polar surface area (TPSA) is 59.0 Å². The van der Waals surface area contributed by atoms with Gasteiger partial charge in [0.25, 0.3) is 0 Å². The fourth-order valence-corrected chi connectivity index (χ4v) is 2.49. The molecule has 22 heavy (non-hydrogen) atoms. The molecule has 0 radical (unpaired) electrons. The lowest BCUT2D eigenvalue weighted by atomic mass is 9.97. The SMILES string of the molecule is C#CC(C)(CC)OCC(O)CN1CCC(C(=O)OCC)CC1. The Morgan fingerprint density at radius 2 is 2.09 bits per heavy atom. The summed E-state index contributed by atoms with van der Waals surface area (Å²) in [5.74, 6) is 2.52. The van der Waals surface area contributed by atoms with Crippen LogP contribution in [0.15, 0.2) is 0 Å². The summed E-state index contributed by atoms with van der Waals surface area (Å²) in [6, 6.07) is 0. The second-order valence-electron chi connectivity index (χ2n) is 6.02. The number of carbonyl (C=O) groups excluding carboxylic acids is 1. The molecule has 1 rings (SSSR count). The first-order valence-corrected chi connectivity index (χ1v) is 8.12. The molecule has 1 fully saturated rings. The molecule has 0 aromatic carbocycles. The number of nitrogens with zero attached hydrogens (tertiary/aromatic N) is 1. The van der Waals surface area contributed by atoms with Gasteiger partial charge < -0.3 is 19.5 Å². The number of β-amino-alcohol motifs (C(OH)–C–C–N with tert-alkyl or cyclic N) is 1. The van der Waals surface area contributed by atoms with Crippen LogP contribution in [0.3, 0.4) is 0 Å². The highest BCUT2D eigenvalue weighted by atomic mass is 16.5. The molecule has 1 aliphatic rings. The van der Waals surface area contributed by atoms with E-state index in [-0.39, 0.29) is 18.5 Å². The summed E-state index contributed by atoms with van der Waals surface area (Å²) in [5.41, 5.74) is -0.613. The first-order chi connectivity index (χ1) is 10.4. The molecule has 0 aliphatic carbocycles. The first-order valence-electron chi connectivity index (χ1n) is 8.12. The lowest BCUT2D eigenvalue weighted by Crippen LogP contribution is -2.43. The fraction of sp³-hybridized carbons (Fsp3) is 0.824. The maximum Gasteiger partial charge on any atom is 0.309 e. The maximum absolute atomic E-state index is 11.7. The molecule has 2 unspecified atom stereocenters. The van der Waals surface area contributed by atoms with Gasteiger partial charge in [-0.3, -0.25) is 4.79 Å². The lowest BCUT2D eigenvalue weighted by Gasteiger charge is -2.32. The molecule has 1 heterocycles. The molecule has 0 saturated carbocycles. The zero-order chi connectivity index (χ0) is 16.6. The van der Waals surface area contributed by atoms with Gasteiger partial charge in [-0.2, -0.15) is 0 Å². The van der Waals surface area contributed by atoms with E-state index in [1.807, 2.05) is 20.8 Å². The van der Waals surface area contributed by atoms with Crippen molar-refractivity contribution in [3.05, 3.63) is 0 Å². The second-order valence-corrected chi connectivity index (χ2v) is 6.02. The number of aliphatic hydroxyl groups is 1. The van der Waals surface area contributed by atoms with Crippen LogP contribution >= 0.6 is 0 Å². The smallest absolute Gasteiger partial charge is 0.309 e. The molecular weight excluding hydrogens is 282 g/mol. The van der Waals surface area contributed by atoms with E-state index in [4.69, 9.17) is 15.9 Å². The van der Waals surface area contributed by atoms with Crippen molar-refractivity contribution in [1.29, 1.82) is 0 Å². The maximum atomic E-state index is 11.7. The molecular formula is C17H29NO4. The van der Waals surface area contributed by atoms with E-state index in [0.717, 1.165) is 25.9 Å². The van der Waals surface area contributed by atoms with Crippen molar-refractivity contribution in [3.63, 3.8) is 0 Å². The largest absolute Gasteiger partial charge is 0.466 e. The van der Waals surface area contributed by atoms with Gasteiger partial charge in [0.05, 0.1) is 25.2 Å². The minimum Gasteiger partial charge on any atom is -0.466 e. The third kappa shape index (κ3) is 5.96. The van der Waals surface area contributed by atoms with Crippen LogP contribution in [0, 0.1) is 18.3 Å². The summed E-state index contributed by atoms with van der Waals surface area (Å²) >= 11 is 0. The zero-order valence-corrected chi connectivity index (χ0v) is 14.0. The van der Waals surface area contributed by atoms with Crippen molar-refractivity contribution in [3.8, 4) is 12.3 Å². The average Bonchev–Trinajstić information content (AvgIpc) is 2.53. The lowest BCUT2D eigenvalue weighted by molar-refractivity contribution is -0.149. The van der Waals surface area contributed by atoms with E-state index in [2.05, 4.69) is 10.8 Å². The summed E-state index contributed by atoms with van der Waals surface area (Å²) < 4.78 is 10.7. The molecule has 0 amide bonds. The Labute approximate surface area is 134 Å². The number of carbonyl (C=O) groups is 1. The number of hydrogen-bond donors (Lipinski definition) is 1. The number of terminal acetylenes is 1. The van der Waals surface area contributed by atoms with Crippen LogP contribution < -0.4 is 0 Å². The van der Waals surface area contributed by atoms with Crippen molar-refractivity contribution in [2.45, 2.75) is 51.7 Å². The molecule has 5 heteroatoms. The average molecular weight is 311 g/mol. The summed E-state index contributed by atoms with van der Waals surface area (Å²) in [4.78, 5) is 13.8. The number of esters is 1. The van der Waals surface area contributed by atoms with Gasteiger partial charge >= 0.3 is 5.97 Å². The molecule has 5 nitrogen and oxygen atoms in total. The molecule has 1 saturated heterocycles. The molecule has 0 bridgehead atoms. The number of likely N-dealkylation sites (tertiary alicyclic amines) is 1. The third-order valence-electron chi connectivity index (χ3n) is 4.25. The highest BCUT2D eigenvalue weighted by Gasteiger charge is 2.27. The van der Waals surface area contributed by atoms with Gasteiger partial charge in [-0.05, 0) is 46.2 Å². The van der Waals surface area contributed by atoms with Crippen LogP contribution in [-0.4, -0.2) is 60.5 Å². The van der Waals surface area contributed by atoms with Gasteiger partial charge in [-0.1, -0.05) is 12.8 Å². The normalized spacial score (nSPS) is 20.9. The summed E-state index contributed by atoms with van der Waals surface area (Å²) in [5, 5.41) is 10.1. The highest BCUT2D eigenvalue weighted by Crippen LogP contribution is 2.19. The predicted octanol–water partition coefficient (Wildman–Crippen LogP) is 1.44. The monoisotopic (exact) mass is 311 g/mol. The Morgan fingerprint density at radius 1 is 1.45 bits per heavy atom. The molecule has 1 aliphatic heterocycles. The van der Waals surface area contributed by atoms with Crippen LogP contribution in [-0.2, 0) is 14.3 Å². The van der Waals surface area contributed by atoms with Gasteiger partial charge in [-0.25, -0.2) is 0 Å². The molecule has 0 aromatic rings. The van der Waals surface area contributed by atoms with Gasteiger partial charge in [0.1, 0.15) is 5.60 Å². The Bertz CT molecular complexity index is 385. The van der Waals surface area contributed by atoms with E-state index in [1.54, 1.807) is 0 Å². The van der Waals surface area contributed by atoms with E-state index in [0.29, 0.717) is 19.6 Å². The molecule has 2 atom stereocenters. The van der Waals surface area contributed by atoms with Crippen LogP contribution in [0.1, 0.15) is 40.0 Å². The van der Waals surface area contributed by atoms with Crippen molar-refractivity contribution >= 4 is 5.97 Å². The standard InChI is InChI=1S/C17H29NO4/c1-5-17(4,6-2)22-13-15(19)12-18-10-8-14(9-11-18)16(20)21-7-3/h1,14-15,19H,6-13H2,2-4H3.